The Balaban J connectivity index is 1.26. The zero-order valence-electron chi connectivity index (χ0n) is 19.1. The number of thiazole rings is 1. The van der Waals surface area contributed by atoms with Gasteiger partial charge >= 0.3 is 0 Å². The van der Waals surface area contributed by atoms with Gasteiger partial charge in [-0.25, -0.2) is 9.97 Å². The summed E-state index contributed by atoms with van der Waals surface area (Å²) in [6.07, 6.45) is 10.2. The summed E-state index contributed by atoms with van der Waals surface area (Å²) in [5, 5.41) is 10.7. The van der Waals surface area contributed by atoms with Crippen molar-refractivity contribution in [3.8, 4) is 0 Å². The van der Waals surface area contributed by atoms with Crippen molar-refractivity contribution in [3.63, 3.8) is 0 Å². The van der Waals surface area contributed by atoms with E-state index in [-0.39, 0.29) is 11.8 Å². The molecule has 1 saturated carbocycles. The molecule has 180 valence electrons. The van der Waals surface area contributed by atoms with Crippen LogP contribution in [0.5, 0.6) is 0 Å². The van der Waals surface area contributed by atoms with Gasteiger partial charge in [-0.1, -0.05) is 0 Å². The fourth-order valence-electron chi connectivity index (χ4n) is 3.23. The third-order valence-corrected chi connectivity index (χ3v) is 6.87. The van der Waals surface area contributed by atoms with Gasteiger partial charge in [0.15, 0.2) is 10.3 Å². The van der Waals surface area contributed by atoms with E-state index in [2.05, 4.69) is 40.9 Å². The van der Waals surface area contributed by atoms with Gasteiger partial charge in [-0.2, -0.15) is 15.0 Å². The Bertz CT molecular complexity index is 1270. The lowest BCUT2D eigenvalue weighted by Gasteiger charge is -2.10. The number of anilines is 4. The Labute approximate surface area is 211 Å². The van der Waals surface area contributed by atoms with E-state index in [0.717, 1.165) is 46.4 Å². The van der Waals surface area contributed by atoms with Crippen LogP contribution >= 0.6 is 23.1 Å². The molecule has 12 heteroatoms. The van der Waals surface area contributed by atoms with Gasteiger partial charge in [0.25, 0.3) is 0 Å². The Morgan fingerprint density at radius 1 is 1.17 bits per heavy atom. The molecule has 0 unspecified atom stereocenters. The number of carbonyl (C=O) groups excluding carboxylic acids is 1. The second kappa shape index (κ2) is 10.8. The molecule has 1 aliphatic rings. The molecule has 3 heterocycles. The molecule has 4 aromatic rings. The van der Waals surface area contributed by atoms with Crippen molar-refractivity contribution in [3.05, 3.63) is 54.1 Å². The van der Waals surface area contributed by atoms with Crippen LogP contribution in [0.2, 0.25) is 0 Å². The predicted molar refractivity (Wildman–Crippen MR) is 137 cm³/mol. The molecular formula is C23H25N9OS2. The van der Waals surface area contributed by atoms with E-state index in [1.165, 1.54) is 23.1 Å². The fourth-order valence-corrected chi connectivity index (χ4v) is 4.63. The average Bonchev–Trinajstić information content (AvgIpc) is 3.43. The van der Waals surface area contributed by atoms with Crippen molar-refractivity contribution in [2.75, 3.05) is 22.5 Å². The molecule has 0 atom stereocenters. The number of hydrogen-bond acceptors (Lipinski definition) is 10. The van der Waals surface area contributed by atoms with E-state index in [4.69, 9.17) is 0 Å². The van der Waals surface area contributed by atoms with E-state index < -0.39 is 0 Å². The summed E-state index contributed by atoms with van der Waals surface area (Å²) < 4.78 is 2.03. The van der Waals surface area contributed by atoms with Crippen molar-refractivity contribution in [2.45, 2.75) is 42.8 Å². The lowest BCUT2D eigenvalue weighted by Crippen LogP contribution is -2.13. The highest BCUT2D eigenvalue weighted by molar-refractivity contribution is 7.99. The number of amides is 1. The van der Waals surface area contributed by atoms with Crippen LogP contribution in [0.3, 0.4) is 0 Å². The highest BCUT2D eigenvalue weighted by Crippen LogP contribution is 2.31. The first-order valence-electron chi connectivity index (χ1n) is 11.3. The SMILES string of the molecule is Cc1cnc(Nc2nc(NCCCn3ccnc3)nc(Sc3ccc(NC(=O)C4CC4)cc3)n2)s1. The van der Waals surface area contributed by atoms with Crippen LogP contribution < -0.4 is 16.0 Å². The monoisotopic (exact) mass is 507 g/mol. The third kappa shape index (κ3) is 6.76. The lowest BCUT2D eigenvalue weighted by atomic mass is 10.3. The van der Waals surface area contributed by atoms with E-state index in [1.807, 2.05) is 48.1 Å². The van der Waals surface area contributed by atoms with Crippen LogP contribution in [0, 0.1) is 12.8 Å². The molecule has 1 aromatic carbocycles. The first-order valence-corrected chi connectivity index (χ1v) is 13.0. The fraction of sp³-hybridized carbons (Fsp3) is 0.304. The maximum atomic E-state index is 12.0. The van der Waals surface area contributed by atoms with E-state index in [0.29, 0.717) is 23.6 Å². The van der Waals surface area contributed by atoms with Crippen LogP contribution in [0.15, 0.2) is 59.2 Å². The second-order valence-electron chi connectivity index (χ2n) is 8.14. The van der Waals surface area contributed by atoms with Crippen LogP contribution in [-0.2, 0) is 11.3 Å². The molecule has 3 aromatic heterocycles. The molecule has 0 aliphatic heterocycles. The van der Waals surface area contributed by atoms with Gasteiger partial charge in [0.2, 0.25) is 17.8 Å². The summed E-state index contributed by atoms with van der Waals surface area (Å²) in [4.78, 5) is 36.2. The molecule has 1 aliphatic carbocycles. The highest BCUT2D eigenvalue weighted by Gasteiger charge is 2.29. The van der Waals surface area contributed by atoms with Gasteiger partial charge < -0.3 is 15.2 Å². The lowest BCUT2D eigenvalue weighted by molar-refractivity contribution is -0.117. The Morgan fingerprint density at radius 3 is 2.71 bits per heavy atom. The molecule has 3 N–H and O–H groups in total. The number of aryl methyl sites for hydroxylation is 2. The molecule has 1 amide bonds. The standard InChI is InChI=1S/C23H25N9OS2/c1-15-13-26-22(34-15)30-21-28-20(25-9-2-11-32-12-10-24-14-32)29-23(31-21)35-18-7-5-17(6-8-18)27-19(33)16-3-4-16/h5-8,10,12-14,16H,2-4,9,11H2,1H3,(H,27,33)(H2,25,26,28,29,30,31). The zero-order chi connectivity index (χ0) is 24.0. The summed E-state index contributed by atoms with van der Waals surface area (Å²) in [5.41, 5.74) is 0.795. The number of benzene rings is 1. The third-order valence-electron chi connectivity index (χ3n) is 5.17. The van der Waals surface area contributed by atoms with Gasteiger partial charge in [-0.3, -0.25) is 10.1 Å². The maximum Gasteiger partial charge on any atom is 0.234 e. The normalized spacial score (nSPS) is 12.9. The smallest absolute Gasteiger partial charge is 0.234 e. The number of nitrogens with zero attached hydrogens (tertiary/aromatic N) is 6. The van der Waals surface area contributed by atoms with Gasteiger partial charge in [-0.05, 0) is 62.2 Å². The van der Waals surface area contributed by atoms with E-state index >= 15 is 0 Å². The van der Waals surface area contributed by atoms with Crippen molar-refractivity contribution in [1.29, 1.82) is 0 Å². The highest BCUT2D eigenvalue weighted by atomic mass is 32.2. The summed E-state index contributed by atoms with van der Waals surface area (Å²) in [6.45, 7) is 3.56. The molecule has 10 nitrogen and oxygen atoms in total. The zero-order valence-corrected chi connectivity index (χ0v) is 20.8. The summed E-state index contributed by atoms with van der Waals surface area (Å²) >= 11 is 2.97. The van der Waals surface area contributed by atoms with E-state index in [9.17, 15) is 4.79 Å². The summed E-state index contributed by atoms with van der Waals surface area (Å²) in [5.74, 6) is 1.20. The first-order chi connectivity index (χ1) is 17.1. The number of nitrogens with one attached hydrogen (secondary N) is 3. The van der Waals surface area contributed by atoms with Crippen LogP contribution in [-0.4, -0.2) is 41.9 Å². The number of aromatic nitrogens is 6. The number of imidazole rings is 1. The number of carbonyl (C=O) groups is 1. The molecule has 0 radical (unpaired) electrons. The molecule has 5 rings (SSSR count). The Hall–Kier alpha value is -3.51. The van der Waals surface area contributed by atoms with E-state index in [1.54, 1.807) is 12.5 Å². The van der Waals surface area contributed by atoms with Crippen LogP contribution in [0.4, 0.5) is 22.7 Å². The molecule has 35 heavy (non-hydrogen) atoms. The molecule has 1 fully saturated rings. The number of rotatable bonds is 11. The van der Waals surface area contributed by atoms with Crippen molar-refractivity contribution in [2.24, 2.45) is 5.92 Å². The predicted octanol–water partition coefficient (Wildman–Crippen LogP) is 4.58. The van der Waals surface area contributed by atoms with Crippen molar-refractivity contribution >= 4 is 51.7 Å². The van der Waals surface area contributed by atoms with Gasteiger partial charge in [0, 0.05) is 53.1 Å². The summed E-state index contributed by atoms with van der Waals surface area (Å²) in [7, 11) is 0. The quantitative estimate of drug-likeness (QED) is 0.250. The minimum Gasteiger partial charge on any atom is -0.354 e. The van der Waals surface area contributed by atoms with Crippen LogP contribution in [0.1, 0.15) is 24.1 Å². The van der Waals surface area contributed by atoms with Gasteiger partial charge in [0.1, 0.15) is 0 Å². The molecule has 0 saturated heterocycles. The van der Waals surface area contributed by atoms with Crippen LogP contribution in [0.25, 0.3) is 0 Å². The topological polar surface area (TPSA) is 123 Å². The van der Waals surface area contributed by atoms with Crippen molar-refractivity contribution < 1.29 is 4.79 Å². The van der Waals surface area contributed by atoms with Gasteiger partial charge in [0.05, 0.1) is 6.33 Å². The minimum absolute atomic E-state index is 0.0970. The number of hydrogen-bond donors (Lipinski definition) is 3. The van der Waals surface area contributed by atoms with Gasteiger partial charge in [-0.15, -0.1) is 11.3 Å². The minimum atomic E-state index is 0.0970. The Kier molecular flexibility index (Phi) is 7.19. The largest absolute Gasteiger partial charge is 0.354 e. The van der Waals surface area contributed by atoms with Crippen molar-refractivity contribution in [1.82, 2.24) is 29.5 Å². The maximum absolute atomic E-state index is 12.0. The molecule has 0 spiro atoms. The second-order valence-corrected chi connectivity index (χ2v) is 10.4. The first kappa shape index (κ1) is 23.2. The summed E-state index contributed by atoms with van der Waals surface area (Å²) in [6, 6.07) is 7.70. The molecular weight excluding hydrogens is 482 g/mol. The average molecular weight is 508 g/mol. The Morgan fingerprint density at radius 2 is 2.00 bits per heavy atom. The molecule has 0 bridgehead atoms.